The zero-order chi connectivity index (χ0) is 22.3. The van der Waals surface area contributed by atoms with Crippen molar-refractivity contribution in [2.45, 2.75) is 49.0 Å². The summed E-state index contributed by atoms with van der Waals surface area (Å²) in [4.78, 5) is 4.79. The summed E-state index contributed by atoms with van der Waals surface area (Å²) in [6, 6.07) is 26.6. The van der Waals surface area contributed by atoms with Crippen LogP contribution in [0.4, 0.5) is 0 Å². The highest BCUT2D eigenvalue weighted by Crippen LogP contribution is 2.55. The highest BCUT2D eigenvalue weighted by Gasteiger charge is 2.57. The second kappa shape index (κ2) is 8.54. The number of nitrogens with zero attached hydrogens (tertiary/aromatic N) is 1. The first-order chi connectivity index (χ1) is 16.2. The highest BCUT2D eigenvalue weighted by atomic mass is 35.5. The second-order valence-corrected chi connectivity index (χ2v) is 10.6. The molecule has 1 aromatic heterocycles. The minimum atomic E-state index is -0.0856. The van der Waals surface area contributed by atoms with Gasteiger partial charge >= 0.3 is 0 Å². The van der Waals surface area contributed by atoms with Gasteiger partial charge in [-0.25, -0.2) is 4.98 Å². The van der Waals surface area contributed by atoms with Crippen LogP contribution in [0, 0.1) is 5.92 Å². The number of piperidine rings is 1. The number of halogens is 1. The third kappa shape index (κ3) is 3.53. The van der Waals surface area contributed by atoms with Crippen LogP contribution in [-0.4, -0.2) is 24.6 Å². The molecule has 2 aromatic carbocycles. The molecule has 3 aromatic rings. The monoisotopic (exact) mass is 457 g/mol. The van der Waals surface area contributed by atoms with Crippen LogP contribution in [-0.2, 0) is 17.4 Å². The quantitative estimate of drug-likeness (QED) is 0.503. The molecule has 3 aliphatic rings. The fourth-order valence-electron chi connectivity index (χ4n) is 7.24. The third-order valence-electron chi connectivity index (χ3n) is 8.63. The molecule has 2 aliphatic heterocycles. The van der Waals surface area contributed by atoms with Gasteiger partial charge in [-0.2, -0.15) is 0 Å². The summed E-state index contributed by atoms with van der Waals surface area (Å²) in [5.41, 5.74) is 5.52. The van der Waals surface area contributed by atoms with E-state index in [1.807, 2.05) is 6.07 Å². The van der Waals surface area contributed by atoms with E-state index in [0.717, 1.165) is 32.5 Å². The molecule has 2 N–H and O–H groups in total. The lowest BCUT2D eigenvalue weighted by atomic mass is 9.56. The number of nitrogens with one attached hydrogen (secondary N) is 2. The fourth-order valence-corrected chi connectivity index (χ4v) is 7.40. The Morgan fingerprint density at radius 3 is 2.55 bits per heavy atom. The molecule has 2 fully saturated rings. The molecular formula is C29H32ClN3. The summed E-state index contributed by atoms with van der Waals surface area (Å²) in [7, 11) is 0. The number of pyridine rings is 1. The van der Waals surface area contributed by atoms with Crippen molar-refractivity contribution in [3.63, 3.8) is 0 Å². The molecule has 4 atom stereocenters. The van der Waals surface area contributed by atoms with E-state index in [1.54, 1.807) is 0 Å². The van der Waals surface area contributed by atoms with Gasteiger partial charge in [0.05, 0.1) is 0 Å². The Bertz CT molecular complexity index is 1120. The van der Waals surface area contributed by atoms with Crippen molar-refractivity contribution in [3.8, 4) is 0 Å². The molecule has 3 heterocycles. The maximum atomic E-state index is 6.33. The molecule has 3 nitrogen and oxygen atoms in total. The average Bonchev–Trinajstić information content (AvgIpc) is 3.29. The molecule has 4 unspecified atom stereocenters. The summed E-state index contributed by atoms with van der Waals surface area (Å²) in [6.07, 6.45) is 5.70. The molecule has 33 heavy (non-hydrogen) atoms. The number of rotatable bonds is 3. The van der Waals surface area contributed by atoms with Crippen LogP contribution in [0.2, 0.25) is 5.15 Å². The SMILES string of the molecule is Clc1ccc2c(n1)CCCC21CNCC1C1(c2ccccc2)CC(c2ccccc2)CCN1. The average molecular weight is 458 g/mol. The van der Waals surface area contributed by atoms with Gasteiger partial charge in [-0.1, -0.05) is 78.3 Å². The molecule has 1 aliphatic carbocycles. The van der Waals surface area contributed by atoms with Crippen molar-refractivity contribution in [1.29, 1.82) is 0 Å². The first kappa shape index (κ1) is 21.3. The minimum Gasteiger partial charge on any atom is -0.315 e. The molecule has 4 heteroatoms. The van der Waals surface area contributed by atoms with Gasteiger partial charge < -0.3 is 10.6 Å². The summed E-state index contributed by atoms with van der Waals surface area (Å²) in [5.74, 6) is 0.998. The van der Waals surface area contributed by atoms with Crippen LogP contribution in [0.3, 0.4) is 0 Å². The smallest absolute Gasteiger partial charge is 0.129 e. The lowest BCUT2D eigenvalue weighted by molar-refractivity contribution is 0.0974. The van der Waals surface area contributed by atoms with Crippen molar-refractivity contribution < 1.29 is 0 Å². The normalized spacial score (nSPS) is 31.4. The van der Waals surface area contributed by atoms with E-state index in [-0.39, 0.29) is 11.0 Å². The van der Waals surface area contributed by atoms with Crippen molar-refractivity contribution in [2.24, 2.45) is 5.92 Å². The van der Waals surface area contributed by atoms with Gasteiger partial charge in [0.1, 0.15) is 5.15 Å². The Kier molecular flexibility index (Phi) is 5.52. The van der Waals surface area contributed by atoms with E-state index in [4.69, 9.17) is 16.6 Å². The van der Waals surface area contributed by atoms with E-state index < -0.39 is 0 Å². The van der Waals surface area contributed by atoms with E-state index >= 15 is 0 Å². The topological polar surface area (TPSA) is 37.0 Å². The molecule has 2 saturated heterocycles. The number of hydrogen-bond donors (Lipinski definition) is 2. The van der Waals surface area contributed by atoms with Crippen LogP contribution in [0.15, 0.2) is 72.8 Å². The van der Waals surface area contributed by atoms with Crippen LogP contribution in [0.25, 0.3) is 0 Å². The molecule has 0 amide bonds. The molecule has 1 spiro atoms. The van der Waals surface area contributed by atoms with E-state index in [9.17, 15) is 0 Å². The van der Waals surface area contributed by atoms with Gasteiger partial charge in [0.15, 0.2) is 0 Å². The molecule has 0 bridgehead atoms. The van der Waals surface area contributed by atoms with Gasteiger partial charge in [-0.05, 0) is 67.3 Å². The fraction of sp³-hybridized carbons (Fsp3) is 0.414. The zero-order valence-electron chi connectivity index (χ0n) is 19.1. The largest absolute Gasteiger partial charge is 0.315 e. The lowest BCUT2D eigenvalue weighted by Crippen LogP contribution is -2.59. The Balaban J connectivity index is 1.49. The summed E-state index contributed by atoms with van der Waals surface area (Å²) in [5, 5.41) is 8.57. The van der Waals surface area contributed by atoms with E-state index in [1.165, 1.54) is 41.6 Å². The maximum absolute atomic E-state index is 6.33. The number of fused-ring (bicyclic) bond motifs is 2. The van der Waals surface area contributed by atoms with Gasteiger partial charge in [0, 0.05) is 35.7 Å². The van der Waals surface area contributed by atoms with E-state index in [2.05, 4.69) is 77.4 Å². The summed E-state index contributed by atoms with van der Waals surface area (Å²) < 4.78 is 0. The van der Waals surface area contributed by atoms with Gasteiger partial charge in [-0.15, -0.1) is 0 Å². The Labute approximate surface area is 202 Å². The Hall–Kier alpha value is -2.20. The van der Waals surface area contributed by atoms with Crippen LogP contribution in [0.1, 0.15) is 54.0 Å². The van der Waals surface area contributed by atoms with Gasteiger partial charge in [0.2, 0.25) is 0 Å². The number of aryl methyl sites for hydroxylation is 1. The highest BCUT2D eigenvalue weighted by molar-refractivity contribution is 6.29. The van der Waals surface area contributed by atoms with Crippen molar-refractivity contribution in [1.82, 2.24) is 15.6 Å². The molecule has 0 radical (unpaired) electrons. The molecular weight excluding hydrogens is 426 g/mol. The first-order valence-electron chi connectivity index (χ1n) is 12.4. The lowest BCUT2D eigenvalue weighted by Gasteiger charge is -2.53. The minimum absolute atomic E-state index is 0.0760. The predicted molar refractivity (Wildman–Crippen MR) is 135 cm³/mol. The maximum Gasteiger partial charge on any atom is 0.129 e. The van der Waals surface area contributed by atoms with Crippen LogP contribution < -0.4 is 10.6 Å². The Morgan fingerprint density at radius 1 is 0.939 bits per heavy atom. The Morgan fingerprint density at radius 2 is 1.73 bits per heavy atom. The molecule has 170 valence electrons. The standard InChI is InChI=1S/C29H32ClN3/c30-27-14-13-24-25(33-27)12-7-16-28(24)20-31-19-26(28)29(23-10-5-2-6-11-23)18-22(15-17-32-29)21-8-3-1-4-9-21/h1-6,8-11,13-14,22,26,31-32H,7,12,15-20H2. The summed E-state index contributed by atoms with van der Waals surface area (Å²) in [6.45, 7) is 3.07. The van der Waals surface area contributed by atoms with Crippen LogP contribution in [0.5, 0.6) is 0 Å². The summed E-state index contributed by atoms with van der Waals surface area (Å²) >= 11 is 6.33. The first-order valence-corrected chi connectivity index (χ1v) is 12.8. The molecule has 0 saturated carbocycles. The van der Waals surface area contributed by atoms with E-state index in [0.29, 0.717) is 17.0 Å². The van der Waals surface area contributed by atoms with Crippen molar-refractivity contribution in [3.05, 3.63) is 100 Å². The van der Waals surface area contributed by atoms with Crippen LogP contribution >= 0.6 is 11.6 Å². The second-order valence-electron chi connectivity index (χ2n) is 10.2. The number of benzene rings is 2. The zero-order valence-corrected chi connectivity index (χ0v) is 19.8. The van der Waals surface area contributed by atoms with Crippen molar-refractivity contribution in [2.75, 3.05) is 19.6 Å². The molecule has 6 rings (SSSR count). The third-order valence-corrected chi connectivity index (χ3v) is 8.84. The number of aromatic nitrogens is 1. The van der Waals surface area contributed by atoms with Crippen molar-refractivity contribution >= 4 is 11.6 Å². The van der Waals surface area contributed by atoms with Gasteiger partial charge in [0.25, 0.3) is 0 Å². The predicted octanol–water partition coefficient (Wildman–Crippen LogP) is 5.59. The number of hydrogen-bond acceptors (Lipinski definition) is 3. The van der Waals surface area contributed by atoms with Gasteiger partial charge in [-0.3, -0.25) is 0 Å².